The predicted molar refractivity (Wildman–Crippen MR) is 86.4 cm³/mol. The van der Waals surface area contributed by atoms with E-state index in [4.69, 9.17) is 0 Å². The highest BCUT2D eigenvalue weighted by Crippen LogP contribution is 2.28. The fraction of sp³-hybridized carbons (Fsp3) is 0.368. The summed E-state index contributed by atoms with van der Waals surface area (Å²) in [4.78, 5) is 0. The van der Waals surface area contributed by atoms with Crippen LogP contribution < -0.4 is 0 Å². The van der Waals surface area contributed by atoms with Crippen molar-refractivity contribution in [1.82, 2.24) is 0 Å². The lowest BCUT2D eigenvalue weighted by Gasteiger charge is -2.18. The summed E-state index contributed by atoms with van der Waals surface area (Å²) in [7, 11) is 0. The summed E-state index contributed by atoms with van der Waals surface area (Å²) >= 11 is 0. The normalized spacial score (nSPS) is 14.0. The highest BCUT2D eigenvalue weighted by Gasteiger charge is 2.16. The first kappa shape index (κ1) is 15.7. The van der Waals surface area contributed by atoms with E-state index in [1.54, 1.807) is 0 Å². The number of benzene rings is 2. The van der Waals surface area contributed by atoms with E-state index in [0.717, 1.165) is 33.4 Å². The van der Waals surface area contributed by atoms with Crippen molar-refractivity contribution in [1.29, 1.82) is 0 Å². The number of aliphatic hydroxyl groups excluding tert-OH is 2. The summed E-state index contributed by atoms with van der Waals surface area (Å²) in [6.45, 7) is 8.07. The first-order valence-corrected chi connectivity index (χ1v) is 7.37. The van der Waals surface area contributed by atoms with Gasteiger partial charge in [-0.25, -0.2) is 0 Å². The molecule has 0 aromatic heterocycles. The summed E-state index contributed by atoms with van der Waals surface area (Å²) in [5.41, 5.74) is 6.26. The number of aryl methyl sites for hydroxylation is 4. The second-order valence-corrected chi connectivity index (χ2v) is 6.11. The summed E-state index contributed by atoms with van der Waals surface area (Å²) in [5.74, 6) is 0. The average Bonchev–Trinajstić information content (AvgIpc) is 2.36. The molecular weight excluding hydrogens is 260 g/mol. The van der Waals surface area contributed by atoms with Gasteiger partial charge in [0.05, 0.1) is 12.2 Å². The molecule has 0 saturated heterocycles. The van der Waals surface area contributed by atoms with Gasteiger partial charge in [-0.1, -0.05) is 58.7 Å². The largest absolute Gasteiger partial charge is 0.388 e. The first-order chi connectivity index (χ1) is 9.85. The number of hydrogen-bond donors (Lipinski definition) is 2. The van der Waals surface area contributed by atoms with Gasteiger partial charge in [0.15, 0.2) is 0 Å². The Morgan fingerprint density at radius 1 is 0.619 bits per heavy atom. The molecule has 0 amide bonds. The van der Waals surface area contributed by atoms with Crippen molar-refractivity contribution >= 4 is 0 Å². The number of rotatable bonds is 4. The molecule has 0 saturated carbocycles. The molecule has 0 radical (unpaired) electrons. The summed E-state index contributed by atoms with van der Waals surface area (Å²) < 4.78 is 0. The minimum absolute atomic E-state index is 0.311. The average molecular weight is 284 g/mol. The van der Waals surface area contributed by atoms with Crippen LogP contribution in [-0.4, -0.2) is 10.2 Å². The number of aliphatic hydroxyl groups is 2. The van der Waals surface area contributed by atoms with E-state index in [9.17, 15) is 10.2 Å². The Kier molecular flexibility index (Phi) is 4.81. The molecule has 2 N–H and O–H groups in total. The van der Waals surface area contributed by atoms with Crippen molar-refractivity contribution in [2.75, 3.05) is 0 Å². The van der Waals surface area contributed by atoms with Crippen LogP contribution in [0.1, 0.15) is 52.0 Å². The molecule has 112 valence electrons. The maximum atomic E-state index is 10.4. The molecule has 0 bridgehead atoms. The van der Waals surface area contributed by atoms with Crippen molar-refractivity contribution in [3.05, 3.63) is 69.8 Å². The Bertz CT molecular complexity index is 535. The summed E-state index contributed by atoms with van der Waals surface area (Å²) in [6, 6.07) is 12.1. The van der Waals surface area contributed by atoms with Gasteiger partial charge in [-0.05, 0) is 38.8 Å². The van der Waals surface area contributed by atoms with Crippen LogP contribution in [0.25, 0.3) is 0 Å². The third-order valence-corrected chi connectivity index (χ3v) is 3.70. The standard InChI is InChI=1S/C19H24O2/c1-12-5-13(2)8-16(7-12)18(20)11-19(21)17-9-14(3)6-15(4)10-17/h5-10,18-21H,11H2,1-4H3/t18-,19-/m0/s1. The Labute approximate surface area is 127 Å². The van der Waals surface area contributed by atoms with Gasteiger partial charge in [0.25, 0.3) is 0 Å². The van der Waals surface area contributed by atoms with Crippen molar-refractivity contribution in [3.63, 3.8) is 0 Å². The lowest BCUT2D eigenvalue weighted by Crippen LogP contribution is -2.07. The molecule has 2 aromatic rings. The van der Waals surface area contributed by atoms with Gasteiger partial charge in [-0.15, -0.1) is 0 Å². The predicted octanol–water partition coefficient (Wildman–Crippen LogP) is 4.08. The second kappa shape index (κ2) is 6.42. The zero-order valence-electron chi connectivity index (χ0n) is 13.2. The van der Waals surface area contributed by atoms with E-state index in [1.807, 2.05) is 52.0 Å². The Hall–Kier alpha value is -1.64. The molecule has 0 fully saturated rings. The van der Waals surface area contributed by atoms with Gasteiger partial charge >= 0.3 is 0 Å². The van der Waals surface area contributed by atoms with Gasteiger partial charge < -0.3 is 10.2 Å². The highest BCUT2D eigenvalue weighted by atomic mass is 16.3. The lowest BCUT2D eigenvalue weighted by atomic mass is 9.95. The summed E-state index contributed by atoms with van der Waals surface area (Å²) in [6.07, 6.45) is -0.995. The molecule has 2 rings (SSSR count). The Morgan fingerprint density at radius 2 is 0.905 bits per heavy atom. The topological polar surface area (TPSA) is 40.5 Å². The van der Waals surface area contributed by atoms with E-state index < -0.39 is 12.2 Å². The third-order valence-electron chi connectivity index (χ3n) is 3.70. The van der Waals surface area contributed by atoms with Crippen LogP contribution in [0.3, 0.4) is 0 Å². The third kappa shape index (κ3) is 4.16. The van der Waals surface area contributed by atoms with E-state index in [2.05, 4.69) is 12.1 Å². The molecule has 0 spiro atoms. The molecule has 0 aliphatic rings. The number of hydrogen-bond acceptors (Lipinski definition) is 2. The van der Waals surface area contributed by atoms with E-state index in [-0.39, 0.29) is 0 Å². The fourth-order valence-corrected chi connectivity index (χ4v) is 2.89. The zero-order valence-corrected chi connectivity index (χ0v) is 13.2. The zero-order chi connectivity index (χ0) is 15.6. The highest BCUT2D eigenvalue weighted by molar-refractivity contribution is 5.32. The van der Waals surface area contributed by atoms with E-state index in [1.165, 1.54) is 0 Å². The SMILES string of the molecule is Cc1cc(C)cc([C@@H](O)C[C@H](O)c2cc(C)cc(C)c2)c1. The van der Waals surface area contributed by atoms with Crippen LogP contribution in [-0.2, 0) is 0 Å². The minimum Gasteiger partial charge on any atom is -0.388 e. The lowest BCUT2D eigenvalue weighted by molar-refractivity contribution is 0.0803. The van der Waals surface area contributed by atoms with Crippen LogP contribution in [0.2, 0.25) is 0 Å². The summed E-state index contributed by atoms with van der Waals surface area (Å²) in [5, 5.41) is 20.8. The van der Waals surface area contributed by atoms with Crippen LogP contribution >= 0.6 is 0 Å². The van der Waals surface area contributed by atoms with Crippen LogP contribution in [0.5, 0.6) is 0 Å². The second-order valence-electron chi connectivity index (χ2n) is 6.11. The molecule has 0 aliphatic heterocycles. The molecule has 0 unspecified atom stereocenters. The first-order valence-electron chi connectivity index (χ1n) is 7.37. The minimum atomic E-state index is -0.653. The molecule has 0 heterocycles. The molecule has 21 heavy (non-hydrogen) atoms. The maximum Gasteiger partial charge on any atom is 0.0818 e. The molecule has 0 aliphatic carbocycles. The van der Waals surface area contributed by atoms with Gasteiger partial charge in [0.2, 0.25) is 0 Å². The van der Waals surface area contributed by atoms with Crippen LogP contribution in [0.15, 0.2) is 36.4 Å². The van der Waals surface area contributed by atoms with Crippen molar-refractivity contribution < 1.29 is 10.2 Å². The van der Waals surface area contributed by atoms with Gasteiger partial charge in [0, 0.05) is 6.42 Å². The monoisotopic (exact) mass is 284 g/mol. The van der Waals surface area contributed by atoms with Gasteiger partial charge in [-0.3, -0.25) is 0 Å². The maximum absolute atomic E-state index is 10.4. The van der Waals surface area contributed by atoms with Crippen molar-refractivity contribution in [2.24, 2.45) is 0 Å². The quantitative estimate of drug-likeness (QED) is 0.888. The van der Waals surface area contributed by atoms with E-state index >= 15 is 0 Å². The van der Waals surface area contributed by atoms with E-state index in [0.29, 0.717) is 6.42 Å². The Balaban J connectivity index is 2.16. The molecule has 2 aromatic carbocycles. The van der Waals surface area contributed by atoms with Crippen LogP contribution in [0, 0.1) is 27.7 Å². The molecular formula is C19H24O2. The smallest absolute Gasteiger partial charge is 0.0818 e. The van der Waals surface area contributed by atoms with Gasteiger partial charge in [0.1, 0.15) is 0 Å². The van der Waals surface area contributed by atoms with Crippen LogP contribution in [0.4, 0.5) is 0 Å². The van der Waals surface area contributed by atoms with Crippen molar-refractivity contribution in [2.45, 2.75) is 46.3 Å². The molecule has 2 atom stereocenters. The van der Waals surface area contributed by atoms with Gasteiger partial charge in [-0.2, -0.15) is 0 Å². The van der Waals surface area contributed by atoms with Crippen molar-refractivity contribution in [3.8, 4) is 0 Å². The molecule has 2 heteroatoms. The fourth-order valence-electron chi connectivity index (χ4n) is 2.89. The Morgan fingerprint density at radius 3 is 1.19 bits per heavy atom. The molecule has 2 nitrogen and oxygen atoms in total.